The highest BCUT2D eigenvalue weighted by Crippen LogP contribution is 2.32. The second kappa shape index (κ2) is 6.70. The maximum Gasteiger partial charge on any atom is 0.311 e. The van der Waals surface area contributed by atoms with Crippen LogP contribution in [-0.2, 0) is 9.47 Å². The first kappa shape index (κ1) is 15.9. The molecule has 0 saturated carbocycles. The van der Waals surface area contributed by atoms with Gasteiger partial charge in [-0.25, -0.2) is 0 Å². The van der Waals surface area contributed by atoms with Crippen LogP contribution < -0.4 is 9.64 Å². The van der Waals surface area contributed by atoms with E-state index in [-0.39, 0.29) is 11.4 Å². The molecule has 25 heavy (non-hydrogen) atoms. The number of hydrogen-bond acceptors (Lipinski definition) is 6. The number of nitro groups is 1. The van der Waals surface area contributed by atoms with Gasteiger partial charge in [-0.1, -0.05) is 12.1 Å². The van der Waals surface area contributed by atoms with E-state index in [9.17, 15) is 10.1 Å². The molecule has 2 aromatic rings. The van der Waals surface area contributed by atoms with Crippen molar-refractivity contribution in [3.63, 3.8) is 0 Å². The fourth-order valence-corrected chi connectivity index (χ4v) is 2.67. The summed E-state index contributed by atoms with van der Waals surface area (Å²) in [6.07, 6.45) is 0.586. The van der Waals surface area contributed by atoms with E-state index in [1.807, 2.05) is 24.3 Å². The normalized spacial score (nSPS) is 20.8. The Hall–Kier alpha value is -2.64. The first-order valence-corrected chi connectivity index (χ1v) is 8.18. The summed E-state index contributed by atoms with van der Waals surface area (Å²) in [5.74, 6) is 0.790. The smallest absolute Gasteiger partial charge is 0.311 e. The molecule has 2 aromatic carbocycles. The Bertz CT molecular complexity index is 742. The number of para-hydroxylation sites is 2. The highest BCUT2D eigenvalue weighted by atomic mass is 16.6. The van der Waals surface area contributed by atoms with E-state index in [2.05, 4.69) is 4.90 Å². The highest BCUT2D eigenvalue weighted by Gasteiger charge is 2.30. The van der Waals surface area contributed by atoms with Gasteiger partial charge in [0.15, 0.2) is 0 Å². The van der Waals surface area contributed by atoms with Gasteiger partial charge in [0.25, 0.3) is 0 Å². The maximum absolute atomic E-state index is 11.1. The van der Waals surface area contributed by atoms with Gasteiger partial charge >= 0.3 is 5.69 Å². The van der Waals surface area contributed by atoms with Crippen molar-refractivity contribution in [1.29, 1.82) is 0 Å². The average Bonchev–Trinajstić information content (AvgIpc) is 3.52. The van der Waals surface area contributed by atoms with Crippen molar-refractivity contribution in [3.8, 4) is 11.5 Å². The molecule has 2 aliphatic rings. The standard InChI is InChI=1S/C18H18N2O5/c21-20(22)17-3-1-2-4-18(17)25-14-7-5-13(6-8-14)19(9-15-11-23-15)10-16-12-24-16/h1-8,15-16H,9-12H2. The summed E-state index contributed by atoms with van der Waals surface area (Å²) >= 11 is 0. The van der Waals surface area contributed by atoms with Crippen LogP contribution in [0, 0.1) is 10.1 Å². The number of rotatable bonds is 8. The summed E-state index contributed by atoms with van der Waals surface area (Å²) in [7, 11) is 0. The lowest BCUT2D eigenvalue weighted by molar-refractivity contribution is -0.385. The monoisotopic (exact) mass is 342 g/mol. The van der Waals surface area contributed by atoms with Gasteiger partial charge in [0, 0.05) is 24.8 Å². The highest BCUT2D eigenvalue weighted by molar-refractivity contribution is 5.52. The molecule has 2 heterocycles. The van der Waals surface area contributed by atoms with E-state index in [0.717, 1.165) is 32.0 Å². The average molecular weight is 342 g/mol. The number of anilines is 1. The second-order valence-electron chi connectivity index (χ2n) is 6.14. The molecule has 2 fully saturated rings. The van der Waals surface area contributed by atoms with Crippen LogP contribution in [0.25, 0.3) is 0 Å². The van der Waals surface area contributed by atoms with Gasteiger partial charge in [0.2, 0.25) is 5.75 Å². The Balaban J connectivity index is 1.48. The van der Waals surface area contributed by atoms with Crippen LogP contribution in [0.15, 0.2) is 48.5 Å². The quantitative estimate of drug-likeness (QED) is 0.417. The fraction of sp³-hybridized carbons (Fsp3) is 0.333. The third kappa shape index (κ3) is 4.07. The summed E-state index contributed by atoms with van der Waals surface area (Å²) in [6, 6.07) is 13.9. The summed E-state index contributed by atoms with van der Waals surface area (Å²) in [5, 5.41) is 11.1. The lowest BCUT2D eigenvalue weighted by atomic mass is 10.2. The van der Waals surface area contributed by atoms with Gasteiger partial charge in [-0.05, 0) is 30.3 Å². The first-order valence-electron chi connectivity index (χ1n) is 8.18. The SMILES string of the molecule is O=[N+]([O-])c1ccccc1Oc1ccc(N(CC2CO2)CC2CO2)cc1. The minimum Gasteiger partial charge on any atom is -0.450 e. The van der Waals surface area contributed by atoms with E-state index in [1.165, 1.54) is 6.07 Å². The van der Waals surface area contributed by atoms with E-state index in [0.29, 0.717) is 18.0 Å². The van der Waals surface area contributed by atoms with Crippen LogP contribution in [0.4, 0.5) is 11.4 Å². The molecule has 0 radical (unpaired) electrons. The van der Waals surface area contributed by atoms with Crippen LogP contribution in [0.2, 0.25) is 0 Å². The Labute approximate surface area is 144 Å². The topological polar surface area (TPSA) is 80.7 Å². The summed E-state index contributed by atoms with van der Waals surface area (Å²) in [6.45, 7) is 3.29. The Morgan fingerprint density at radius 2 is 1.64 bits per heavy atom. The molecular weight excluding hydrogens is 324 g/mol. The molecule has 2 atom stereocenters. The zero-order valence-electron chi connectivity index (χ0n) is 13.5. The predicted molar refractivity (Wildman–Crippen MR) is 91.3 cm³/mol. The van der Waals surface area contributed by atoms with Crippen LogP contribution >= 0.6 is 0 Å². The van der Waals surface area contributed by atoms with Gasteiger partial charge in [0.05, 0.1) is 30.3 Å². The Morgan fingerprint density at radius 1 is 1.04 bits per heavy atom. The molecule has 2 aliphatic heterocycles. The van der Waals surface area contributed by atoms with Crippen molar-refractivity contribution in [2.24, 2.45) is 0 Å². The molecular formula is C18H18N2O5. The third-order valence-corrected chi connectivity index (χ3v) is 4.14. The summed E-state index contributed by atoms with van der Waals surface area (Å²) in [5.41, 5.74) is 1.01. The van der Waals surface area contributed by atoms with E-state index in [1.54, 1.807) is 18.2 Å². The molecule has 0 aliphatic carbocycles. The number of nitrogens with zero attached hydrogens (tertiary/aromatic N) is 2. The van der Waals surface area contributed by atoms with Crippen LogP contribution in [0.1, 0.15) is 0 Å². The molecule has 0 N–H and O–H groups in total. The van der Waals surface area contributed by atoms with Crippen molar-refractivity contribution in [3.05, 3.63) is 58.6 Å². The minimum absolute atomic E-state index is 0.0510. The first-order chi connectivity index (χ1) is 12.2. The van der Waals surface area contributed by atoms with Gasteiger partial charge in [-0.2, -0.15) is 0 Å². The van der Waals surface area contributed by atoms with E-state index in [4.69, 9.17) is 14.2 Å². The Morgan fingerprint density at radius 3 is 2.20 bits per heavy atom. The number of ether oxygens (including phenoxy) is 3. The van der Waals surface area contributed by atoms with E-state index >= 15 is 0 Å². The molecule has 0 amide bonds. The number of nitro benzene ring substituents is 1. The van der Waals surface area contributed by atoms with Gasteiger partial charge in [-0.3, -0.25) is 10.1 Å². The molecule has 0 spiro atoms. The zero-order chi connectivity index (χ0) is 17.2. The maximum atomic E-state index is 11.1. The van der Waals surface area contributed by atoms with Crippen molar-refractivity contribution in [2.45, 2.75) is 12.2 Å². The van der Waals surface area contributed by atoms with Crippen LogP contribution in [0.5, 0.6) is 11.5 Å². The molecule has 0 aromatic heterocycles. The van der Waals surface area contributed by atoms with Crippen molar-refractivity contribution >= 4 is 11.4 Å². The second-order valence-corrected chi connectivity index (χ2v) is 6.14. The largest absolute Gasteiger partial charge is 0.450 e. The number of epoxide rings is 2. The van der Waals surface area contributed by atoms with Crippen molar-refractivity contribution < 1.29 is 19.1 Å². The van der Waals surface area contributed by atoms with Gasteiger partial charge in [-0.15, -0.1) is 0 Å². The number of hydrogen-bond donors (Lipinski definition) is 0. The van der Waals surface area contributed by atoms with Gasteiger partial charge in [0.1, 0.15) is 5.75 Å². The van der Waals surface area contributed by atoms with Gasteiger partial charge < -0.3 is 19.1 Å². The molecule has 4 rings (SSSR count). The van der Waals surface area contributed by atoms with Crippen LogP contribution in [0.3, 0.4) is 0 Å². The van der Waals surface area contributed by atoms with Crippen LogP contribution in [-0.4, -0.2) is 43.4 Å². The molecule has 7 nitrogen and oxygen atoms in total. The molecule has 130 valence electrons. The summed E-state index contributed by atoms with van der Waals surface area (Å²) in [4.78, 5) is 12.9. The Kier molecular flexibility index (Phi) is 4.25. The van der Waals surface area contributed by atoms with Crippen molar-refractivity contribution in [1.82, 2.24) is 0 Å². The molecule has 7 heteroatoms. The molecule has 2 unspecified atom stereocenters. The minimum atomic E-state index is -0.448. The lowest BCUT2D eigenvalue weighted by Crippen LogP contribution is -2.31. The van der Waals surface area contributed by atoms with E-state index < -0.39 is 4.92 Å². The lowest BCUT2D eigenvalue weighted by Gasteiger charge is -2.23. The summed E-state index contributed by atoms with van der Waals surface area (Å²) < 4.78 is 16.3. The molecule has 2 saturated heterocycles. The predicted octanol–water partition coefficient (Wildman–Crippen LogP) is 2.99. The van der Waals surface area contributed by atoms with Crippen molar-refractivity contribution in [2.75, 3.05) is 31.2 Å². The molecule has 0 bridgehead atoms. The number of benzene rings is 2. The fourth-order valence-electron chi connectivity index (χ4n) is 2.67. The zero-order valence-corrected chi connectivity index (χ0v) is 13.5. The third-order valence-electron chi connectivity index (χ3n) is 4.14.